The molecule has 2 heterocycles. The van der Waals surface area contributed by atoms with Crippen LogP contribution in [0, 0.1) is 0 Å². The first kappa shape index (κ1) is 19.8. The van der Waals surface area contributed by atoms with Crippen LogP contribution in [0.15, 0.2) is 47.3 Å². The van der Waals surface area contributed by atoms with Crippen molar-refractivity contribution in [2.75, 3.05) is 31.1 Å². The lowest BCUT2D eigenvalue weighted by Gasteiger charge is -2.33. The van der Waals surface area contributed by atoms with Crippen molar-refractivity contribution in [2.45, 2.75) is 12.6 Å². The molecular weight excluding hydrogens is 386 g/mol. The van der Waals surface area contributed by atoms with Crippen LogP contribution >= 0.6 is 23.4 Å². The third-order valence-electron chi connectivity index (χ3n) is 4.44. The lowest BCUT2D eigenvalue weighted by atomic mass is 10.1. The van der Waals surface area contributed by atoms with Gasteiger partial charge in [0.1, 0.15) is 0 Å². The Bertz CT molecular complexity index is 746. The fraction of sp³-hybridized carbons (Fsp3) is 0.368. The zero-order chi connectivity index (χ0) is 19.1. The van der Waals surface area contributed by atoms with E-state index in [1.54, 1.807) is 24.7 Å². The van der Waals surface area contributed by atoms with Gasteiger partial charge in [-0.2, -0.15) is 11.8 Å². The van der Waals surface area contributed by atoms with E-state index in [4.69, 9.17) is 16.0 Å². The van der Waals surface area contributed by atoms with Gasteiger partial charge in [0.05, 0.1) is 18.6 Å². The molecule has 8 heteroatoms. The smallest absolute Gasteiger partial charge is 0.309 e. The first-order valence-corrected chi connectivity index (χ1v) is 10.3. The highest BCUT2D eigenvalue weighted by atomic mass is 35.5. The average molecular weight is 408 g/mol. The van der Waals surface area contributed by atoms with Crippen LogP contribution in [0.2, 0.25) is 5.02 Å². The minimum absolute atomic E-state index is 0.00216. The second-order valence-corrected chi connectivity index (χ2v) is 7.90. The Morgan fingerprint density at radius 3 is 2.48 bits per heavy atom. The molecule has 144 valence electrons. The molecule has 1 aliphatic heterocycles. The molecule has 27 heavy (non-hydrogen) atoms. The molecule has 0 bridgehead atoms. The van der Waals surface area contributed by atoms with Crippen molar-refractivity contribution in [3.63, 3.8) is 0 Å². The lowest BCUT2D eigenvalue weighted by molar-refractivity contribution is -0.139. The number of rotatable bonds is 6. The maximum Gasteiger partial charge on any atom is 0.309 e. The topological polar surface area (TPSA) is 74.6 Å². The fourth-order valence-corrected chi connectivity index (χ4v) is 4.00. The van der Waals surface area contributed by atoms with Crippen LogP contribution in [-0.4, -0.2) is 47.9 Å². The number of hydrogen-bond donors (Lipinski definition) is 2. The number of nitrogens with one attached hydrogen (secondary N) is 2. The van der Waals surface area contributed by atoms with Crippen LogP contribution in [-0.2, 0) is 16.1 Å². The molecule has 1 aromatic heterocycles. The Hall–Kier alpha value is -1.96. The zero-order valence-electron chi connectivity index (χ0n) is 14.8. The SMILES string of the molecule is O=C(NCc1ccc(Cl)cc1)C(=O)NC[C@@H](c1ccoc1)N1CCSCC1. The van der Waals surface area contributed by atoms with E-state index in [9.17, 15) is 9.59 Å². The maximum absolute atomic E-state index is 12.2. The zero-order valence-corrected chi connectivity index (χ0v) is 16.4. The van der Waals surface area contributed by atoms with Crippen LogP contribution in [0.25, 0.3) is 0 Å². The third-order valence-corrected chi connectivity index (χ3v) is 5.64. The highest BCUT2D eigenvalue weighted by Gasteiger charge is 2.25. The van der Waals surface area contributed by atoms with Gasteiger partial charge in [-0.3, -0.25) is 14.5 Å². The molecule has 1 saturated heterocycles. The predicted octanol–water partition coefficient (Wildman–Crippen LogP) is 2.46. The van der Waals surface area contributed by atoms with Crippen molar-refractivity contribution in [1.29, 1.82) is 0 Å². The summed E-state index contributed by atoms with van der Waals surface area (Å²) in [4.78, 5) is 26.6. The Morgan fingerprint density at radius 1 is 1.11 bits per heavy atom. The van der Waals surface area contributed by atoms with Crippen LogP contribution in [0.5, 0.6) is 0 Å². The van der Waals surface area contributed by atoms with E-state index in [2.05, 4.69) is 15.5 Å². The van der Waals surface area contributed by atoms with E-state index < -0.39 is 11.8 Å². The minimum Gasteiger partial charge on any atom is -0.472 e. The van der Waals surface area contributed by atoms with Crippen LogP contribution in [0.1, 0.15) is 17.2 Å². The maximum atomic E-state index is 12.2. The Morgan fingerprint density at radius 2 is 1.81 bits per heavy atom. The second-order valence-electron chi connectivity index (χ2n) is 6.24. The van der Waals surface area contributed by atoms with Gasteiger partial charge in [-0.05, 0) is 23.8 Å². The summed E-state index contributed by atoms with van der Waals surface area (Å²) in [6, 6.07) is 9.01. The summed E-state index contributed by atoms with van der Waals surface area (Å²) in [5.74, 6) is 0.835. The summed E-state index contributed by atoms with van der Waals surface area (Å²) in [6.45, 7) is 2.52. The van der Waals surface area contributed by atoms with Crippen LogP contribution in [0.4, 0.5) is 0 Å². The Balaban J connectivity index is 1.52. The first-order valence-electron chi connectivity index (χ1n) is 8.78. The standard InChI is InChI=1S/C19H22ClN3O3S/c20-16-3-1-14(2-4-16)11-21-18(24)19(25)22-12-17(15-5-8-26-13-15)23-6-9-27-10-7-23/h1-5,8,13,17H,6-7,9-12H2,(H,21,24)(H,22,25)/t17-/m0/s1. The minimum atomic E-state index is -0.648. The molecule has 0 aliphatic carbocycles. The lowest BCUT2D eigenvalue weighted by Crippen LogP contribution is -2.45. The summed E-state index contributed by atoms with van der Waals surface area (Å²) < 4.78 is 5.20. The number of carbonyl (C=O) groups excluding carboxylic acids is 2. The molecule has 1 aromatic carbocycles. The van der Waals surface area contributed by atoms with Gasteiger partial charge in [-0.1, -0.05) is 23.7 Å². The van der Waals surface area contributed by atoms with Crippen molar-refractivity contribution in [2.24, 2.45) is 0 Å². The summed E-state index contributed by atoms with van der Waals surface area (Å²) >= 11 is 7.76. The molecule has 1 atom stereocenters. The summed E-state index contributed by atoms with van der Waals surface area (Å²) in [7, 11) is 0. The van der Waals surface area contributed by atoms with Crippen molar-refractivity contribution in [3.8, 4) is 0 Å². The van der Waals surface area contributed by atoms with Gasteiger partial charge in [0.15, 0.2) is 0 Å². The van der Waals surface area contributed by atoms with Gasteiger partial charge in [0, 0.05) is 48.3 Å². The van der Waals surface area contributed by atoms with Crippen molar-refractivity contribution in [1.82, 2.24) is 15.5 Å². The highest BCUT2D eigenvalue weighted by molar-refractivity contribution is 7.99. The summed E-state index contributed by atoms with van der Waals surface area (Å²) in [5.41, 5.74) is 1.88. The molecule has 6 nitrogen and oxygen atoms in total. The number of carbonyl (C=O) groups is 2. The predicted molar refractivity (Wildman–Crippen MR) is 107 cm³/mol. The van der Waals surface area contributed by atoms with Gasteiger partial charge in [0.25, 0.3) is 0 Å². The van der Waals surface area contributed by atoms with Gasteiger partial charge < -0.3 is 15.1 Å². The number of amides is 2. The molecular formula is C19H22ClN3O3S. The number of halogens is 1. The molecule has 2 amide bonds. The number of furan rings is 1. The highest BCUT2D eigenvalue weighted by Crippen LogP contribution is 2.24. The normalized spacial score (nSPS) is 15.9. The molecule has 0 spiro atoms. The Labute approximate surface area is 167 Å². The van der Waals surface area contributed by atoms with Gasteiger partial charge in [-0.25, -0.2) is 0 Å². The van der Waals surface area contributed by atoms with Gasteiger partial charge >= 0.3 is 11.8 Å². The molecule has 0 saturated carbocycles. The van der Waals surface area contributed by atoms with Crippen molar-refractivity contribution >= 4 is 35.2 Å². The van der Waals surface area contributed by atoms with Crippen molar-refractivity contribution in [3.05, 3.63) is 59.0 Å². The third kappa shape index (κ3) is 5.76. The largest absolute Gasteiger partial charge is 0.472 e. The van der Waals surface area contributed by atoms with Crippen molar-refractivity contribution < 1.29 is 14.0 Å². The molecule has 1 fully saturated rings. The Kier molecular flexibility index (Phi) is 7.20. The van der Waals surface area contributed by atoms with E-state index >= 15 is 0 Å². The summed E-state index contributed by atoms with van der Waals surface area (Å²) in [5, 5.41) is 6.01. The molecule has 0 unspecified atom stereocenters. The van der Waals surface area contributed by atoms with Gasteiger partial charge in [-0.15, -0.1) is 0 Å². The van der Waals surface area contributed by atoms with E-state index in [0.29, 0.717) is 11.6 Å². The molecule has 3 rings (SSSR count). The van der Waals surface area contributed by atoms with Crippen LogP contribution < -0.4 is 10.6 Å². The van der Waals surface area contributed by atoms with Crippen LogP contribution in [0.3, 0.4) is 0 Å². The second kappa shape index (κ2) is 9.82. The average Bonchev–Trinajstić information content (AvgIpc) is 3.22. The monoisotopic (exact) mass is 407 g/mol. The number of hydrogen-bond acceptors (Lipinski definition) is 5. The molecule has 0 radical (unpaired) electrons. The number of thioether (sulfide) groups is 1. The van der Waals surface area contributed by atoms with Gasteiger partial charge in [0.2, 0.25) is 0 Å². The van der Waals surface area contributed by atoms with E-state index in [-0.39, 0.29) is 12.6 Å². The number of nitrogens with zero attached hydrogens (tertiary/aromatic N) is 1. The molecule has 2 N–H and O–H groups in total. The molecule has 2 aromatic rings. The quantitative estimate of drug-likeness (QED) is 0.719. The summed E-state index contributed by atoms with van der Waals surface area (Å²) in [6.07, 6.45) is 3.32. The molecule has 1 aliphatic rings. The number of benzene rings is 1. The van der Waals surface area contributed by atoms with E-state index in [1.165, 1.54) is 0 Å². The van der Waals surface area contributed by atoms with E-state index in [1.807, 2.05) is 30.0 Å². The fourth-order valence-electron chi connectivity index (χ4n) is 2.95. The first-order chi connectivity index (χ1) is 13.1. The van der Waals surface area contributed by atoms with E-state index in [0.717, 1.165) is 35.7 Å².